The zero-order chi connectivity index (χ0) is 17.4. The first-order valence-corrected chi connectivity index (χ1v) is 11.0. The van der Waals surface area contributed by atoms with Gasteiger partial charge in [-0.05, 0) is 61.8 Å². The number of hydrogen-bond donors (Lipinski definition) is 1. The smallest absolute Gasteiger partial charge is 0.240 e. The average Bonchev–Trinajstić information content (AvgIpc) is 3.39. The second-order valence-corrected chi connectivity index (χ2v) is 9.43. The molecule has 1 heterocycles. The highest BCUT2D eigenvalue weighted by Gasteiger charge is 2.36. The van der Waals surface area contributed by atoms with Gasteiger partial charge in [-0.15, -0.1) is 0 Å². The van der Waals surface area contributed by atoms with Gasteiger partial charge in [0.15, 0.2) is 0 Å². The van der Waals surface area contributed by atoms with Gasteiger partial charge in [0.05, 0.1) is 4.90 Å². The van der Waals surface area contributed by atoms with Crippen molar-refractivity contribution >= 4 is 21.6 Å². The van der Waals surface area contributed by atoms with E-state index in [2.05, 4.69) is 4.72 Å². The fraction of sp³-hybridized carbons (Fsp3) is 0.632. The molecule has 5 nitrogen and oxygen atoms in total. The van der Waals surface area contributed by atoms with Crippen molar-refractivity contribution in [1.29, 1.82) is 0 Å². The Bertz CT molecular complexity index is 765. The van der Waals surface area contributed by atoms with Crippen LogP contribution in [0.15, 0.2) is 23.1 Å². The van der Waals surface area contributed by atoms with Crippen molar-refractivity contribution in [1.82, 2.24) is 4.72 Å². The molecule has 1 aromatic carbocycles. The minimum Gasteiger partial charge on any atom is -0.312 e. The summed E-state index contributed by atoms with van der Waals surface area (Å²) in [7, 11) is -3.48. The lowest BCUT2D eigenvalue weighted by Crippen LogP contribution is -2.31. The average molecular weight is 362 g/mol. The SMILES string of the molecule is O=C(C1CC1)N1CCc2cc(S(=O)(=O)NCC3CCCCC3)ccc21. The molecule has 1 N–H and O–H groups in total. The number of hydrogen-bond acceptors (Lipinski definition) is 3. The minimum absolute atomic E-state index is 0.187. The molecule has 0 aromatic heterocycles. The molecule has 3 aliphatic rings. The summed E-state index contributed by atoms with van der Waals surface area (Å²) in [5.74, 6) is 0.848. The molecule has 4 rings (SSSR count). The Morgan fingerprint density at radius 2 is 1.88 bits per heavy atom. The summed E-state index contributed by atoms with van der Waals surface area (Å²) in [6.45, 7) is 1.20. The van der Waals surface area contributed by atoms with Gasteiger partial charge in [-0.2, -0.15) is 0 Å². The van der Waals surface area contributed by atoms with Gasteiger partial charge >= 0.3 is 0 Å². The monoisotopic (exact) mass is 362 g/mol. The summed E-state index contributed by atoms with van der Waals surface area (Å²) in [5, 5.41) is 0. The van der Waals surface area contributed by atoms with Gasteiger partial charge in [-0.25, -0.2) is 13.1 Å². The maximum atomic E-state index is 12.6. The van der Waals surface area contributed by atoms with E-state index in [0.29, 0.717) is 23.9 Å². The zero-order valence-electron chi connectivity index (χ0n) is 14.5. The van der Waals surface area contributed by atoms with E-state index in [9.17, 15) is 13.2 Å². The van der Waals surface area contributed by atoms with Gasteiger partial charge in [-0.1, -0.05) is 19.3 Å². The lowest BCUT2D eigenvalue weighted by molar-refractivity contribution is -0.119. The van der Waals surface area contributed by atoms with Gasteiger partial charge in [0, 0.05) is 24.7 Å². The first-order chi connectivity index (χ1) is 12.0. The summed E-state index contributed by atoms with van der Waals surface area (Å²) >= 11 is 0. The molecule has 0 radical (unpaired) electrons. The van der Waals surface area contributed by atoms with Crippen LogP contribution in [-0.4, -0.2) is 27.4 Å². The van der Waals surface area contributed by atoms with Crippen molar-refractivity contribution < 1.29 is 13.2 Å². The van der Waals surface area contributed by atoms with Crippen molar-refractivity contribution in [3.8, 4) is 0 Å². The Balaban J connectivity index is 1.46. The van der Waals surface area contributed by atoms with Gasteiger partial charge in [0.2, 0.25) is 15.9 Å². The molecule has 1 amide bonds. The fourth-order valence-corrected chi connectivity index (χ4v) is 5.19. The summed E-state index contributed by atoms with van der Waals surface area (Å²) in [5.41, 5.74) is 1.86. The minimum atomic E-state index is -3.48. The molecule has 0 bridgehead atoms. The molecule has 2 fully saturated rings. The van der Waals surface area contributed by atoms with Crippen molar-refractivity contribution in [2.45, 2.75) is 56.3 Å². The maximum Gasteiger partial charge on any atom is 0.240 e. The highest BCUT2D eigenvalue weighted by Crippen LogP contribution is 2.37. The Labute approximate surface area is 149 Å². The van der Waals surface area contributed by atoms with E-state index in [1.165, 1.54) is 19.3 Å². The number of nitrogens with one attached hydrogen (secondary N) is 1. The first kappa shape index (κ1) is 17.0. The van der Waals surface area contributed by atoms with Crippen LogP contribution in [0.3, 0.4) is 0 Å². The maximum absolute atomic E-state index is 12.6. The van der Waals surface area contributed by atoms with Gasteiger partial charge in [0.1, 0.15) is 0 Å². The second kappa shape index (κ2) is 6.72. The van der Waals surface area contributed by atoms with Crippen LogP contribution in [0.5, 0.6) is 0 Å². The van der Waals surface area contributed by atoms with Gasteiger partial charge in [0.25, 0.3) is 0 Å². The zero-order valence-corrected chi connectivity index (χ0v) is 15.4. The molecular weight excluding hydrogens is 336 g/mol. The molecule has 0 spiro atoms. The van der Waals surface area contributed by atoms with Crippen molar-refractivity contribution in [3.05, 3.63) is 23.8 Å². The molecule has 25 heavy (non-hydrogen) atoms. The molecule has 0 saturated heterocycles. The second-order valence-electron chi connectivity index (χ2n) is 7.66. The van der Waals surface area contributed by atoms with E-state index in [-0.39, 0.29) is 11.8 Å². The van der Waals surface area contributed by atoms with Crippen LogP contribution in [0, 0.1) is 11.8 Å². The third kappa shape index (κ3) is 3.60. The molecule has 2 saturated carbocycles. The van der Waals surface area contributed by atoms with Crippen LogP contribution in [-0.2, 0) is 21.2 Å². The van der Waals surface area contributed by atoms with Crippen LogP contribution in [0.4, 0.5) is 5.69 Å². The predicted octanol–water partition coefficient (Wildman–Crippen LogP) is 2.84. The number of carbonyl (C=O) groups excluding carboxylic acids is 1. The van der Waals surface area contributed by atoms with Crippen LogP contribution < -0.4 is 9.62 Å². The number of carbonyl (C=O) groups is 1. The Hall–Kier alpha value is -1.40. The lowest BCUT2D eigenvalue weighted by atomic mass is 9.90. The normalized spacial score (nSPS) is 21.4. The number of fused-ring (bicyclic) bond motifs is 1. The number of anilines is 1. The van der Waals surface area contributed by atoms with E-state index in [0.717, 1.165) is 43.4 Å². The predicted molar refractivity (Wildman–Crippen MR) is 97.0 cm³/mol. The molecule has 1 aromatic rings. The van der Waals surface area contributed by atoms with Crippen LogP contribution in [0.1, 0.15) is 50.5 Å². The highest BCUT2D eigenvalue weighted by atomic mass is 32.2. The van der Waals surface area contributed by atoms with Crippen LogP contribution >= 0.6 is 0 Å². The summed E-state index contributed by atoms with van der Waals surface area (Å²) in [6.07, 6.45) is 8.62. The third-order valence-electron chi connectivity index (χ3n) is 5.74. The summed E-state index contributed by atoms with van der Waals surface area (Å²) < 4.78 is 28.0. The molecule has 0 unspecified atom stereocenters. The number of rotatable bonds is 5. The first-order valence-electron chi connectivity index (χ1n) is 9.48. The topological polar surface area (TPSA) is 66.5 Å². The molecular formula is C19H26N2O3S. The Kier molecular flexibility index (Phi) is 4.58. The highest BCUT2D eigenvalue weighted by molar-refractivity contribution is 7.89. The summed E-state index contributed by atoms with van der Waals surface area (Å²) in [4.78, 5) is 14.5. The standard InChI is InChI=1S/C19H26N2O3S/c22-19(15-6-7-15)21-11-10-16-12-17(8-9-18(16)21)25(23,24)20-13-14-4-2-1-3-5-14/h8-9,12,14-15,20H,1-7,10-11,13H2. The van der Waals surface area contributed by atoms with Gasteiger partial charge in [-0.3, -0.25) is 4.79 Å². The van der Waals surface area contributed by atoms with Crippen LogP contribution in [0.25, 0.3) is 0 Å². The van der Waals surface area contributed by atoms with E-state index in [4.69, 9.17) is 0 Å². The fourth-order valence-electron chi connectivity index (χ4n) is 4.03. The summed E-state index contributed by atoms with van der Waals surface area (Å²) in [6, 6.07) is 5.19. The van der Waals surface area contributed by atoms with E-state index in [1.54, 1.807) is 18.2 Å². The van der Waals surface area contributed by atoms with E-state index in [1.807, 2.05) is 4.90 Å². The lowest BCUT2D eigenvalue weighted by Gasteiger charge is -2.22. The molecule has 0 atom stereocenters. The van der Waals surface area contributed by atoms with E-state index < -0.39 is 10.0 Å². The number of amides is 1. The quantitative estimate of drug-likeness (QED) is 0.876. The van der Waals surface area contributed by atoms with Crippen molar-refractivity contribution in [3.63, 3.8) is 0 Å². The third-order valence-corrected chi connectivity index (χ3v) is 7.16. The molecule has 1 aliphatic heterocycles. The van der Waals surface area contributed by atoms with Crippen molar-refractivity contribution in [2.24, 2.45) is 11.8 Å². The van der Waals surface area contributed by atoms with E-state index >= 15 is 0 Å². The molecule has 136 valence electrons. The van der Waals surface area contributed by atoms with Gasteiger partial charge < -0.3 is 4.90 Å². The molecule has 6 heteroatoms. The molecule has 2 aliphatic carbocycles. The number of benzene rings is 1. The van der Waals surface area contributed by atoms with Crippen LogP contribution in [0.2, 0.25) is 0 Å². The number of nitrogens with zero attached hydrogens (tertiary/aromatic N) is 1. The largest absolute Gasteiger partial charge is 0.312 e. The van der Waals surface area contributed by atoms with Crippen molar-refractivity contribution in [2.75, 3.05) is 18.0 Å². The Morgan fingerprint density at radius 1 is 1.12 bits per heavy atom. The Morgan fingerprint density at radius 3 is 2.60 bits per heavy atom. The number of sulfonamides is 1.